The monoisotopic (exact) mass is 545 g/mol. The van der Waals surface area contributed by atoms with Gasteiger partial charge >= 0.3 is 0 Å². The average Bonchev–Trinajstić information content (AvgIpc) is 3.83. The summed E-state index contributed by atoms with van der Waals surface area (Å²) in [5.41, 5.74) is 0.927. The number of anilines is 1. The lowest BCUT2D eigenvalue weighted by molar-refractivity contribution is -0.100. The molecule has 0 spiro atoms. The summed E-state index contributed by atoms with van der Waals surface area (Å²) in [5, 5.41) is 9.51. The van der Waals surface area contributed by atoms with E-state index >= 15 is 0 Å². The van der Waals surface area contributed by atoms with Gasteiger partial charge in [0.15, 0.2) is 17.0 Å². The molecule has 9 nitrogen and oxygen atoms in total. The molecule has 2 aromatic carbocycles. The third kappa shape index (κ3) is 3.05. The molecule has 1 aliphatic rings. The minimum atomic E-state index is -1.25. The van der Waals surface area contributed by atoms with Gasteiger partial charge in [-0.05, 0) is 46.6 Å². The Kier molecular flexibility index (Phi) is 5.13. The zero-order chi connectivity index (χ0) is 26.6. The van der Waals surface area contributed by atoms with Crippen molar-refractivity contribution in [2.75, 3.05) is 18.1 Å². The number of imidazole rings is 1. The maximum absolute atomic E-state index is 7.10. The Balaban J connectivity index is 1.60. The number of aromatic nitrogens is 6. The predicted molar refractivity (Wildman–Crippen MR) is 152 cm³/mol. The number of aromatic amines is 2. The van der Waals surface area contributed by atoms with Crippen molar-refractivity contribution >= 4 is 39.0 Å². The van der Waals surface area contributed by atoms with E-state index in [9.17, 15) is 0 Å². The summed E-state index contributed by atoms with van der Waals surface area (Å²) in [4.78, 5) is 19.3. The normalized spacial score (nSPS) is 21.4. The van der Waals surface area contributed by atoms with E-state index in [0.29, 0.717) is 24.8 Å². The number of fused-ring (bicyclic) bond motifs is 2. The van der Waals surface area contributed by atoms with Crippen LogP contribution in [0.15, 0.2) is 108 Å². The molecule has 0 amide bonds. The van der Waals surface area contributed by atoms with Crippen LogP contribution in [0.25, 0.3) is 21.7 Å². The highest BCUT2D eigenvalue weighted by Crippen LogP contribution is 2.57. The van der Waals surface area contributed by atoms with E-state index in [4.69, 9.17) is 23.6 Å². The van der Waals surface area contributed by atoms with Gasteiger partial charge in [0, 0.05) is 47.5 Å². The molecule has 2 atom stereocenters. The molecule has 40 heavy (non-hydrogen) atoms. The lowest BCUT2D eigenvalue weighted by atomic mass is 9.68. The van der Waals surface area contributed by atoms with Gasteiger partial charge in [-0.1, -0.05) is 47.6 Å². The highest BCUT2D eigenvalue weighted by molar-refractivity contribution is 7.03. The van der Waals surface area contributed by atoms with Crippen LogP contribution in [0.3, 0.4) is 0 Å². The lowest BCUT2D eigenvalue weighted by Gasteiger charge is -2.56. The maximum atomic E-state index is 7.10. The second-order valence-corrected chi connectivity index (χ2v) is 10.4. The average molecular weight is 546 g/mol. The number of ether oxygens (including phenoxy) is 1. The van der Waals surface area contributed by atoms with E-state index in [-0.39, 0.29) is 0 Å². The van der Waals surface area contributed by atoms with Crippen molar-refractivity contribution in [1.82, 2.24) is 29.5 Å². The van der Waals surface area contributed by atoms with Gasteiger partial charge in [-0.15, -0.1) is 0 Å². The van der Waals surface area contributed by atoms with Crippen molar-refractivity contribution in [3.63, 3.8) is 0 Å². The number of hydrogen-bond donors (Lipinski definition) is 2. The van der Waals surface area contributed by atoms with E-state index in [2.05, 4.69) is 50.4 Å². The Morgan fingerprint density at radius 3 is 2.62 bits per heavy atom. The zero-order valence-corrected chi connectivity index (χ0v) is 22.0. The number of para-hydroxylation sites is 1. The van der Waals surface area contributed by atoms with E-state index in [0.717, 1.165) is 38.8 Å². The van der Waals surface area contributed by atoms with Crippen molar-refractivity contribution in [1.29, 1.82) is 0 Å². The van der Waals surface area contributed by atoms with Crippen LogP contribution in [-0.2, 0) is 15.9 Å². The summed E-state index contributed by atoms with van der Waals surface area (Å²) in [5.74, 6) is 1.27. The number of nitrogens with one attached hydrogen (secondary N) is 2. The van der Waals surface area contributed by atoms with Crippen molar-refractivity contribution in [2.24, 2.45) is 0 Å². The number of morpholine rings is 1. The Morgan fingerprint density at radius 1 is 0.925 bits per heavy atom. The molecular formula is C30H23N7O2S. The molecule has 7 aromatic rings. The highest BCUT2D eigenvalue weighted by atomic mass is 32.1. The largest absolute Gasteiger partial charge is 0.363 e. The minimum Gasteiger partial charge on any atom is -0.363 e. The second kappa shape index (κ2) is 8.87. The van der Waals surface area contributed by atoms with Crippen molar-refractivity contribution in [3.05, 3.63) is 126 Å². The van der Waals surface area contributed by atoms with E-state index in [1.54, 1.807) is 12.5 Å². The van der Waals surface area contributed by atoms with Crippen molar-refractivity contribution < 1.29 is 9.26 Å². The summed E-state index contributed by atoms with van der Waals surface area (Å²) in [6, 6.07) is 24.5. The molecule has 10 heteroatoms. The summed E-state index contributed by atoms with van der Waals surface area (Å²) >= 11 is 1.38. The predicted octanol–water partition coefficient (Wildman–Crippen LogP) is 5.61. The molecule has 0 radical (unpaired) electrons. The molecule has 1 saturated heterocycles. The fourth-order valence-electron chi connectivity index (χ4n) is 6.29. The van der Waals surface area contributed by atoms with E-state index < -0.39 is 11.1 Å². The molecule has 8 rings (SSSR count). The van der Waals surface area contributed by atoms with Gasteiger partial charge in [-0.3, -0.25) is 4.98 Å². The van der Waals surface area contributed by atoms with Crippen molar-refractivity contribution in [3.8, 4) is 0 Å². The Bertz CT molecular complexity index is 1880. The van der Waals surface area contributed by atoms with Crippen LogP contribution < -0.4 is 4.90 Å². The van der Waals surface area contributed by atoms with Gasteiger partial charge in [-0.25, -0.2) is 4.98 Å². The molecule has 1 aliphatic heterocycles. The number of benzene rings is 2. The van der Waals surface area contributed by atoms with E-state index in [1.165, 1.54) is 11.5 Å². The Hall–Kier alpha value is -4.80. The van der Waals surface area contributed by atoms with Crippen LogP contribution in [0.1, 0.15) is 22.9 Å². The second-order valence-electron chi connectivity index (χ2n) is 9.72. The maximum Gasteiger partial charge on any atom is 0.200 e. The molecule has 0 aliphatic carbocycles. The number of nitrogens with zero attached hydrogens (tertiary/aromatic N) is 5. The quantitative estimate of drug-likeness (QED) is 0.289. The minimum absolute atomic E-state index is 0.388. The first kappa shape index (κ1) is 23.1. The third-order valence-corrected chi connectivity index (χ3v) is 8.37. The number of hydrogen-bond acceptors (Lipinski definition) is 8. The van der Waals surface area contributed by atoms with Gasteiger partial charge in [0.25, 0.3) is 0 Å². The van der Waals surface area contributed by atoms with Crippen LogP contribution in [0.4, 0.5) is 5.82 Å². The summed E-state index contributed by atoms with van der Waals surface area (Å²) < 4.78 is 17.5. The van der Waals surface area contributed by atoms with Gasteiger partial charge in [-0.2, -0.15) is 4.37 Å². The summed E-state index contributed by atoms with van der Waals surface area (Å²) in [6.45, 7) is 0.900. The molecule has 2 unspecified atom stereocenters. The van der Waals surface area contributed by atoms with Crippen LogP contribution in [0.2, 0.25) is 0 Å². The lowest BCUT2D eigenvalue weighted by Crippen LogP contribution is -2.68. The number of H-pyrrole nitrogens is 2. The molecule has 0 bridgehead atoms. The first-order valence-corrected chi connectivity index (χ1v) is 13.8. The van der Waals surface area contributed by atoms with Crippen LogP contribution in [-0.4, -0.2) is 42.6 Å². The van der Waals surface area contributed by atoms with Crippen molar-refractivity contribution in [2.45, 2.75) is 11.1 Å². The van der Waals surface area contributed by atoms with Gasteiger partial charge in [0.2, 0.25) is 0 Å². The van der Waals surface area contributed by atoms with Crippen LogP contribution >= 0.6 is 11.5 Å². The number of rotatable bonds is 5. The first-order valence-electron chi connectivity index (χ1n) is 13.0. The van der Waals surface area contributed by atoms with Crippen LogP contribution in [0.5, 0.6) is 0 Å². The fourth-order valence-corrected chi connectivity index (χ4v) is 6.84. The van der Waals surface area contributed by atoms with E-state index in [1.807, 2.05) is 60.2 Å². The van der Waals surface area contributed by atoms with Crippen LogP contribution in [0, 0.1) is 0 Å². The third-order valence-electron chi connectivity index (χ3n) is 7.81. The number of pyridine rings is 1. The molecular weight excluding hydrogens is 522 g/mol. The fraction of sp³-hybridized carbons (Fsp3) is 0.133. The molecule has 5 aromatic heterocycles. The Labute approximate surface area is 232 Å². The zero-order valence-electron chi connectivity index (χ0n) is 21.2. The van der Waals surface area contributed by atoms with Gasteiger partial charge < -0.3 is 24.1 Å². The highest BCUT2D eigenvalue weighted by Gasteiger charge is 2.67. The molecule has 6 heterocycles. The molecule has 2 N–H and O–H groups in total. The summed E-state index contributed by atoms with van der Waals surface area (Å²) in [6.07, 6.45) is 7.01. The topological polar surface area (TPSA) is 109 Å². The molecule has 1 fully saturated rings. The standard InChI is InChI=1S/C30H23N7O2S/c1-3-7-22-20(5-1)9-12-31-27(22)29(24-11-18-40-36-24)30(28-32-13-14-33-28,25-19-21-6-2-4-8-23(21)34-25)38-17-15-37(29)26-10-16-39-35-26/h1-14,16,18-19,34H,15,17H2,(H,32,33). The smallest absolute Gasteiger partial charge is 0.200 e. The van der Waals surface area contributed by atoms with Gasteiger partial charge in [0.05, 0.1) is 23.7 Å². The molecule has 196 valence electrons. The van der Waals surface area contributed by atoms with Gasteiger partial charge in [0.1, 0.15) is 12.1 Å². The SMILES string of the molecule is c1ccc2[nH]c(C3(c4ncc[nH]4)OCCN(c4ccon4)C3(c3ccsn3)c3nccc4ccccc34)cc2c1. The first-order chi connectivity index (χ1) is 19.8. The molecule has 0 saturated carbocycles. The Morgan fingerprint density at radius 2 is 1.82 bits per heavy atom. The summed E-state index contributed by atoms with van der Waals surface area (Å²) in [7, 11) is 0.